The molecule has 0 amide bonds. The van der Waals surface area contributed by atoms with Crippen molar-refractivity contribution in [3.05, 3.63) is 29.0 Å². The molecule has 0 aliphatic rings. The van der Waals surface area contributed by atoms with Gasteiger partial charge in [-0.3, -0.25) is 0 Å². The van der Waals surface area contributed by atoms with Crippen LogP contribution in [0.2, 0.25) is 5.02 Å². The lowest BCUT2D eigenvalue weighted by Gasteiger charge is -2.03. The number of H-pyrrole nitrogens is 1. The van der Waals surface area contributed by atoms with Crippen molar-refractivity contribution in [2.24, 2.45) is 5.73 Å². The number of rotatable bonds is 1. The lowest BCUT2D eigenvalue weighted by Crippen LogP contribution is -2.06. The summed E-state index contributed by atoms with van der Waals surface area (Å²) in [7, 11) is 0. The lowest BCUT2D eigenvalue weighted by molar-refractivity contribution is 0.787. The molecule has 0 aliphatic carbocycles. The number of aromatic nitrogens is 2. The van der Waals surface area contributed by atoms with Gasteiger partial charge in [0.15, 0.2) is 0 Å². The first kappa shape index (κ1) is 11.3. The van der Waals surface area contributed by atoms with Gasteiger partial charge in [-0.15, -0.1) is 12.4 Å². The highest BCUT2D eigenvalue weighted by Gasteiger charge is 2.06. The minimum atomic E-state index is -0.0598. The molecule has 5 heteroatoms. The maximum absolute atomic E-state index is 5.91. The van der Waals surface area contributed by atoms with Gasteiger partial charge in [-0.2, -0.15) is 0 Å². The minimum Gasteiger partial charge on any atom is -0.358 e. The van der Waals surface area contributed by atoms with Gasteiger partial charge in [0.05, 0.1) is 16.2 Å². The zero-order valence-electron chi connectivity index (χ0n) is 7.62. The maximum Gasteiger partial charge on any atom is 0.107 e. The molecule has 3 nitrogen and oxygen atoms in total. The van der Waals surface area contributed by atoms with Crippen LogP contribution in [0, 0.1) is 0 Å². The normalized spacial score (nSPS) is 12.5. The van der Waals surface area contributed by atoms with Crippen LogP contribution >= 0.6 is 24.0 Å². The average Bonchev–Trinajstić information content (AvgIpc) is 2.47. The Hall–Kier alpha value is -0.770. The van der Waals surface area contributed by atoms with Gasteiger partial charge in [0.1, 0.15) is 5.52 Å². The molecule has 0 aromatic carbocycles. The summed E-state index contributed by atoms with van der Waals surface area (Å²) in [4.78, 5) is 7.36. The number of aromatic amines is 1. The van der Waals surface area contributed by atoms with Crippen molar-refractivity contribution in [1.29, 1.82) is 0 Å². The van der Waals surface area contributed by atoms with Gasteiger partial charge in [0.2, 0.25) is 0 Å². The first-order chi connectivity index (χ1) is 6.18. The van der Waals surface area contributed by atoms with E-state index < -0.39 is 0 Å². The second-order valence-electron chi connectivity index (χ2n) is 3.06. The highest BCUT2D eigenvalue weighted by molar-refractivity contribution is 6.35. The van der Waals surface area contributed by atoms with Gasteiger partial charge in [-0.25, -0.2) is 4.98 Å². The molecule has 3 N–H and O–H groups in total. The quantitative estimate of drug-likeness (QED) is 0.794. The summed E-state index contributed by atoms with van der Waals surface area (Å²) in [5.74, 6) is 0. The number of nitrogens with two attached hydrogens (primary N) is 1. The Bertz CT molecular complexity index is 437. The summed E-state index contributed by atoms with van der Waals surface area (Å²) < 4.78 is 0. The summed E-state index contributed by atoms with van der Waals surface area (Å²) >= 11 is 5.91. The van der Waals surface area contributed by atoms with Crippen molar-refractivity contribution in [3.63, 3.8) is 0 Å². The third kappa shape index (κ3) is 1.85. The molecule has 14 heavy (non-hydrogen) atoms. The standard InChI is InChI=1S/C9H10ClN3.ClH/c1-5(11)7-2-3-8-9(13-7)6(10)4-12-8;/h2-5,12H,11H2,1H3;1H/t5-;/m0./s1. The molecule has 2 aromatic rings. The Kier molecular flexibility index (Phi) is 3.37. The van der Waals surface area contributed by atoms with Gasteiger partial charge in [-0.1, -0.05) is 11.6 Å². The van der Waals surface area contributed by atoms with Crippen LogP contribution in [0.25, 0.3) is 11.0 Å². The highest BCUT2D eigenvalue weighted by atomic mass is 35.5. The summed E-state index contributed by atoms with van der Waals surface area (Å²) in [5, 5.41) is 0.637. The third-order valence-electron chi connectivity index (χ3n) is 1.96. The summed E-state index contributed by atoms with van der Waals surface area (Å²) in [6.45, 7) is 1.90. The first-order valence-electron chi connectivity index (χ1n) is 4.07. The average molecular weight is 232 g/mol. The molecule has 0 saturated carbocycles. The molecule has 0 radical (unpaired) electrons. The van der Waals surface area contributed by atoms with E-state index in [0.29, 0.717) is 5.02 Å². The number of nitrogens with one attached hydrogen (secondary N) is 1. The van der Waals surface area contributed by atoms with Crippen molar-refractivity contribution in [3.8, 4) is 0 Å². The maximum atomic E-state index is 5.91. The van der Waals surface area contributed by atoms with Gasteiger partial charge in [-0.05, 0) is 19.1 Å². The second kappa shape index (κ2) is 4.17. The fraction of sp³-hybridized carbons (Fsp3) is 0.222. The topological polar surface area (TPSA) is 54.7 Å². The van der Waals surface area contributed by atoms with E-state index in [1.807, 2.05) is 19.1 Å². The van der Waals surface area contributed by atoms with E-state index in [1.165, 1.54) is 0 Å². The van der Waals surface area contributed by atoms with Crippen molar-refractivity contribution in [2.45, 2.75) is 13.0 Å². The fourth-order valence-electron chi connectivity index (χ4n) is 1.24. The van der Waals surface area contributed by atoms with E-state index in [4.69, 9.17) is 17.3 Å². The lowest BCUT2D eigenvalue weighted by atomic mass is 10.2. The van der Waals surface area contributed by atoms with E-state index >= 15 is 0 Å². The summed E-state index contributed by atoms with van der Waals surface area (Å²) in [6, 6.07) is 3.78. The Morgan fingerprint density at radius 3 is 2.86 bits per heavy atom. The van der Waals surface area contributed by atoms with Gasteiger partial charge >= 0.3 is 0 Å². The molecular formula is C9H11Cl2N3. The largest absolute Gasteiger partial charge is 0.358 e. The third-order valence-corrected chi connectivity index (χ3v) is 2.25. The molecule has 1 atom stereocenters. The molecular weight excluding hydrogens is 221 g/mol. The number of nitrogens with zero attached hydrogens (tertiary/aromatic N) is 1. The molecule has 0 spiro atoms. The van der Waals surface area contributed by atoms with Crippen LogP contribution in [0.15, 0.2) is 18.3 Å². The number of hydrogen-bond acceptors (Lipinski definition) is 2. The van der Waals surface area contributed by atoms with Crippen LogP contribution in [0.1, 0.15) is 18.7 Å². The molecule has 0 unspecified atom stereocenters. The number of fused-ring (bicyclic) bond motifs is 1. The Morgan fingerprint density at radius 1 is 1.50 bits per heavy atom. The van der Waals surface area contributed by atoms with E-state index in [9.17, 15) is 0 Å². The van der Waals surface area contributed by atoms with Crippen LogP contribution < -0.4 is 5.73 Å². The SMILES string of the molecule is C[C@H](N)c1ccc2[nH]cc(Cl)c2n1.Cl. The van der Waals surface area contributed by atoms with Crippen molar-refractivity contribution in [2.75, 3.05) is 0 Å². The van der Waals surface area contributed by atoms with Gasteiger partial charge < -0.3 is 10.7 Å². The minimum absolute atomic E-state index is 0. The molecule has 2 rings (SSSR count). The van der Waals surface area contributed by atoms with Gasteiger partial charge in [0.25, 0.3) is 0 Å². The number of halogens is 2. The molecule has 2 heterocycles. The van der Waals surface area contributed by atoms with E-state index in [0.717, 1.165) is 16.7 Å². The monoisotopic (exact) mass is 231 g/mol. The number of pyridine rings is 1. The zero-order chi connectivity index (χ0) is 9.42. The second-order valence-corrected chi connectivity index (χ2v) is 3.46. The van der Waals surface area contributed by atoms with Crippen LogP contribution in [0.3, 0.4) is 0 Å². The molecule has 0 fully saturated rings. The molecule has 2 aromatic heterocycles. The van der Waals surface area contributed by atoms with Crippen LogP contribution in [0.4, 0.5) is 0 Å². The van der Waals surface area contributed by atoms with Crippen LogP contribution in [0.5, 0.6) is 0 Å². The Morgan fingerprint density at radius 2 is 2.21 bits per heavy atom. The van der Waals surface area contributed by atoms with E-state index in [1.54, 1.807) is 6.20 Å². The van der Waals surface area contributed by atoms with Crippen molar-refractivity contribution in [1.82, 2.24) is 9.97 Å². The Balaban J connectivity index is 0.000000980. The van der Waals surface area contributed by atoms with E-state index in [2.05, 4.69) is 9.97 Å². The Labute approximate surface area is 93.1 Å². The molecule has 0 aliphatic heterocycles. The van der Waals surface area contributed by atoms with Crippen molar-refractivity contribution < 1.29 is 0 Å². The predicted octanol–water partition coefficient (Wildman–Crippen LogP) is 2.66. The van der Waals surface area contributed by atoms with Crippen molar-refractivity contribution >= 4 is 35.0 Å². The molecule has 0 bridgehead atoms. The summed E-state index contributed by atoms with van der Waals surface area (Å²) in [5.41, 5.74) is 8.29. The van der Waals surface area contributed by atoms with Crippen LogP contribution in [-0.4, -0.2) is 9.97 Å². The fourth-order valence-corrected chi connectivity index (χ4v) is 1.43. The first-order valence-corrected chi connectivity index (χ1v) is 4.45. The summed E-state index contributed by atoms with van der Waals surface area (Å²) in [6.07, 6.45) is 1.73. The smallest absolute Gasteiger partial charge is 0.107 e. The highest BCUT2D eigenvalue weighted by Crippen LogP contribution is 2.22. The predicted molar refractivity (Wildman–Crippen MR) is 61.0 cm³/mol. The van der Waals surface area contributed by atoms with Gasteiger partial charge in [0, 0.05) is 12.2 Å². The van der Waals surface area contributed by atoms with Crippen LogP contribution in [-0.2, 0) is 0 Å². The number of hydrogen-bond donors (Lipinski definition) is 2. The van der Waals surface area contributed by atoms with E-state index in [-0.39, 0.29) is 18.4 Å². The zero-order valence-corrected chi connectivity index (χ0v) is 9.19. The molecule has 0 saturated heterocycles. The molecule has 76 valence electrons.